The Kier molecular flexibility index (Phi) is 17.3. The van der Waals surface area contributed by atoms with Crippen LogP contribution in [0, 0.1) is 0 Å². The second kappa shape index (κ2) is 30.3. The molecule has 598 valence electrons. The van der Waals surface area contributed by atoms with Gasteiger partial charge < -0.3 is 13.7 Å². The minimum Gasteiger partial charge on any atom is -0.309 e. The first kappa shape index (κ1) is 73.3. The van der Waals surface area contributed by atoms with Gasteiger partial charge >= 0.3 is 0 Å². The summed E-state index contributed by atoms with van der Waals surface area (Å²) in [4.78, 5) is 25.3. The van der Waals surface area contributed by atoms with Crippen molar-refractivity contribution in [2.75, 3.05) is 0 Å². The molecule has 0 fully saturated rings. The summed E-state index contributed by atoms with van der Waals surface area (Å²) in [6, 6.07) is 155. The largest absolute Gasteiger partial charge is 0.309 e. The van der Waals surface area contributed by atoms with Crippen LogP contribution in [0.25, 0.3) is 232 Å². The van der Waals surface area contributed by atoms with Crippen LogP contribution in [-0.4, -0.2) is 52.3 Å². The molecule has 0 saturated carbocycles. The maximum Gasteiger partial charge on any atom is 0.235 e. The van der Waals surface area contributed by atoms with Crippen molar-refractivity contribution in [3.05, 3.63) is 455 Å². The van der Waals surface area contributed by atoms with Crippen LogP contribution in [-0.2, 0) is 0 Å². The second-order valence-corrected chi connectivity index (χ2v) is 32.7. The Morgan fingerprint density at radius 1 is 0.172 bits per heavy atom. The molecule has 0 spiro atoms. The predicted molar refractivity (Wildman–Crippen MR) is 531 cm³/mol. The first-order chi connectivity index (χ1) is 63.5. The molecule has 10 heterocycles. The average Bonchev–Trinajstić information content (AvgIpc) is 1.59. The van der Waals surface area contributed by atoms with E-state index >= 15 is 0 Å². The van der Waals surface area contributed by atoms with Crippen molar-refractivity contribution in [3.8, 4) is 79.0 Å². The van der Waals surface area contributed by atoms with E-state index in [0.29, 0.717) is 5.95 Å². The van der Waals surface area contributed by atoms with Crippen molar-refractivity contribution in [3.63, 3.8) is 0 Å². The SMILES string of the molecule is c1ccc(-c2nc(-n3c4ccc(-c5ccc6c7ccccc7n(-c7ccccc7)c6c5)cc4c4ncccc43)nc3ccccc23)cc1.c1ccc(-n2c3ccccc3c3cc(-c4ccc5c6ccccc6n(-c6ccc7ccccc7c6)c5c4)cnc32)cc1.c1ccc(-n2c3ccccc3c3ccc(-c4cnc5c(c4)c4ccccc4n5-c4ccccc4)cc32)cc1. The van der Waals surface area contributed by atoms with Crippen molar-refractivity contribution in [2.45, 2.75) is 0 Å². The minimum absolute atomic E-state index is 0.627. The molecule has 0 amide bonds. The number of pyridine rings is 3. The molecule has 0 unspecified atom stereocenters. The number of hydrogen-bond acceptors (Lipinski definition) is 5. The highest BCUT2D eigenvalue weighted by Gasteiger charge is 2.24. The average molecular weight is 1630 g/mol. The van der Waals surface area contributed by atoms with Crippen LogP contribution in [0.2, 0.25) is 0 Å². The first-order valence-corrected chi connectivity index (χ1v) is 43.3. The molecule has 128 heavy (non-hydrogen) atoms. The summed E-state index contributed by atoms with van der Waals surface area (Å²) in [6.45, 7) is 0. The van der Waals surface area contributed by atoms with Gasteiger partial charge in [-0.2, -0.15) is 0 Å². The number of nitrogens with zero attached hydrogens (tertiary/aromatic N) is 11. The summed E-state index contributed by atoms with van der Waals surface area (Å²) in [6.07, 6.45) is 5.89. The second-order valence-electron chi connectivity index (χ2n) is 32.7. The van der Waals surface area contributed by atoms with Gasteiger partial charge in [-0.3, -0.25) is 18.7 Å². The van der Waals surface area contributed by atoms with Crippen LogP contribution in [0.5, 0.6) is 0 Å². The number of benzene rings is 17. The highest BCUT2D eigenvalue weighted by atomic mass is 15.2. The predicted octanol–water partition coefficient (Wildman–Crippen LogP) is 29.6. The molecule has 17 aromatic carbocycles. The molecule has 0 N–H and O–H groups in total. The zero-order valence-electron chi connectivity index (χ0n) is 69.2. The molecule has 0 aliphatic heterocycles. The standard InChI is InChI=1S/C43H27N5.C39H25N3.C35H23N3/c1-3-12-28(13-4-1)41-34-17-7-9-18-36(34)45-43(46-41)48-38-24-22-29(26-35(38)42-39(48)20-11-25-44-42)30-21-23-33-32-16-8-10-19-37(32)47(40(33)27-30)31-14-5-2-6-15-31;1-2-12-30(13-3-1)42-37-17-9-7-15-33(37)35-23-29(25-40-39(35)42)28-19-21-34-32-14-6-8-16-36(32)41(38(34)24-28)31-20-18-26-10-4-5-11-27(26)22-31;1-3-11-26(12-4-1)37-32-17-9-7-15-28(32)30-20-19-24(22-34(30)37)25-21-31-29-16-8-10-18-33(29)38(35(31)36-23-25)27-13-5-2-6-14-27/h1-27H;1-25H;1-23H. The Bertz CT molecular complexity index is 9070. The summed E-state index contributed by atoms with van der Waals surface area (Å²) in [5.74, 6) is 0.627. The van der Waals surface area contributed by atoms with Crippen LogP contribution in [0.4, 0.5) is 0 Å². The maximum atomic E-state index is 5.21. The van der Waals surface area contributed by atoms with Crippen molar-refractivity contribution < 1.29 is 0 Å². The van der Waals surface area contributed by atoms with Gasteiger partial charge in [-0.1, -0.05) is 285 Å². The Morgan fingerprint density at radius 3 is 1.02 bits per heavy atom. The van der Waals surface area contributed by atoms with Crippen LogP contribution >= 0.6 is 0 Å². The molecular formula is C117H75N11. The number of rotatable bonds is 10. The topological polar surface area (TPSA) is 94.0 Å². The third kappa shape index (κ3) is 12.2. The molecule has 10 aromatic heterocycles. The van der Waals surface area contributed by atoms with Gasteiger partial charge in [-0.15, -0.1) is 0 Å². The van der Waals surface area contributed by atoms with Gasteiger partial charge in [0.1, 0.15) is 11.3 Å². The molecular weight excluding hydrogens is 1560 g/mol. The Labute approximate surface area is 734 Å². The van der Waals surface area contributed by atoms with Crippen molar-refractivity contribution >= 4 is 153 Å². The minimum atomic E-state index is 0.627. The lowest BCUT2D eigenvalue weighted by molar-refractivity contribution is 1.01. The number of aromatic nitrogens is 11. The maximum absolute atomic E-state index is 5.21. The third-order valence-corrected chi connectivity index (χ3v) is 25.5. The van der Waals surface area contributed by atoms with Gasteiger partial charge in [-0.05, 0) is 185 Å². The molecule has 0 bridgehead atoms. The smallest absolute Gasteiger partial charge is 0.235 e. The van der Waals surface area contributed by atoms with Gasteiger partial charge in [0, 0.05) is 128 Å². The molecule has 11 nitrogen and oxygen atoms in total. The van der Waals surface area contributed by atoms with Gasteiger partial charge in [0.2, 0.25) is 5.95 Å². The van der Waals surface area contributed by atoms with Gasteiger partial charge in [0.15, 0.2) is 0 Å². The molecule has 0 atom stereocenters. The van der Waals surface area contributed by atoms with E-state index in [0.717, 1.165) is 139 Å². The molecule has 0 aliphatic rings. The third-order valence-electron chi connectivity index (χ3n) is 25.5. The van der Waals surface area contributed by atoms with Crippen molar-refractivity contribution in [1.82, 2.24) is 52.3 Å². The Balaban J connectivity index is 0.000000105. The zero-order valence-corrected chi connectivity index (χ0v) is 69.2. The van der Waals surface area contributed by atoms with Crippen molar-refractivity contribution in [1.29, 1.82) is 0 Å². The Morgan fingerprint density at radius 2 is 0.523 bits per heavy atom. The Hall–Kier alpha value is -17.4. The summed E-state index contributed by atoms with van der Waals surface area (Å²) in [5.41, 5.74) is 29.7. The lowest BCUT2D eigenvalue weighted by atomic mass is 10.0. The van der Waals surface area contributed by atoms with E-state index in [4.69, 9.17) is 24.9 Å². The lowest BCUT2D eigenvalue weighted by Gasteiger charge is -2.12. The summed E-state index contributed by atoms with van der Waals surface area (Å²) >= 11 is 0. The summed E-state index contributed by atoms with van der Waals surface area (Å²) in [7, 11) is 0. The van der Waals surface area contributed by atoms with Crippen LogP contribution < -0.4 is 0 Å². The van der Waals surface area contributed by atoms with E-state index in [1.165, 1.54) is 87.0 Å². The van der Waals surface area contributed by atoms with Crippen LogP contribution in [0.3, 0.4) is 0 Å². The molecule has 0 radical (unpaired) electrons. The number of hydrogen-bond donors (Lipinski definition) is 0. The fourth-order valence-corrected chi connectivity index (χ4v) is 19.6. The van der Waals surface area contributed by atoms with E-state index < -0.39 is 0 Å². The lowest BCUT2D eigenvalue weighted by Crippen LogP contribution is -2.03. The fourth-order valence-electron chi connectivity index (χ4n) is 19.6. The van der Waals surface area contributed by atoms with E-state index in [9.17, 15) is 0 Å². The quantitative estimate of drug-likeness (QED) is 0.136. The highest BCUT2D eigenvalue weighted by molar-refractivity contribution is 6.16. The van der Waals surface area contributed by atoms with Gasteiger partial charge in [-0.25, -0.2) is 19.9 Å². The van der Waals surface area contributed by atoms with Gasteiger partial charge in [0.05, 0.1) is 71.9 Å². The molecule has 27 rings (SSSR count). The normalized spacial score (nSPS) is 11.8. The fraction of sp³-hybridized carbons (Fsp3) is 0. The number of fused-ring (bicyclic) bond motifs is 20. The van der Waals surface area contributed by atoms with Crippen LogP contribution in [0.15, 0.2) is 455 Å². The first-order valence-electron chi connectivity index (χ1n) is 43.3. The van der Waals surface area contributed by atoms with E-state index in [1.54, 1.807) is 0 Å². The van der Waals surface area contributed by atoms with E-state index in [2.05, 4.69) is 434 Å². The van der Waals surface area contributed by atoms with Crippen LogP contribution in [0.1, 0.15) is 0 Å². The molecule has 27 aromatic rings. The summed E-state index contributed by atoms with van der Waals surface area (Å²) < 4.78 is 13.8. The molecule has 0 aliphatic carbocycles. The molecule has 0 saturated heterocycles. The summed E-state index contributed by atoms with van der Waals surface area (Å²) in [5, 5.41) is 16.8. The van der Waals surface area contributed by atoms with Crippen molar-refractivity contribution in [2.24, 2.45) is 0 Å². The van der Waals surface area contributed by atoms with E-state index in [-0.39, 0.29) is 0 Å². The highest BCUT2D eigenvalue weighted by Crippen LogP contribution is 2.44. The molecule has 11 heteroatoms. The van der Waals surface area contributed by atoms with Gasteiger partial charge in [0.25, 0.3) is 0 Å². The monoisotopic (exact) mass is 1630 g/mol. The zero-order chi connectivity index (χ0) is 84.3. The van der Waals surface area contributed by atoms with E-state index in [1.807, 2.05) is 48.9 Å². The number of para-hydroxylation sites is 10.